The number of hydrogen-bond donors (Lipinski definition) is 0. The molecule has 3 aromatic rings. The van der Waals surface area contributed by atoms with Gasteiger partial charge in [0, 0.05) is 44.6 Å². The molecule has 0 radical (unpaired) electrons. The second-order valence-electron chi connectivity index (χ2n) is 7.63. The largest absolute Gasteiger partial charge is 0.375 e. The normalized spacial score (nSPS) is 15.9. The van der Waals surface area contributed by atoms with Crippen molar-refractivity contribution in [3.8, 4) is 11.5 Å². The maximum Gasteiger partial charge on any atom is 0.223 e. The summed E-state index contributed by atoms with van der Waals surface area (Å²) in [4.78, 5) is 30.6. The Hall–Kier alpha value is -3.28. The van der Waals surface area contributed by atoms with Crippen molar-refractivity contribution in [1.82, 2.24) is 19.9 Å². The molecule has 6 nitrogen and oxygen atoms in total. The van der Waals surface area contributed by atoms with Gasteiger partial charge in [0.15, 0.2) is 5.82 Å². The number of anilines is 1. The molecule has 1 aliphatic rings. The van der Waals surface area contributed by atoms with Crippen LogP contribution in [0.15, 0.2) is 67.0 Å². The predicted octanol–water partition coefficient (Wildman–Crippen LogP) is 4.12. The molecule has 1 fully saturated rings. The fraction of sp³-hybridized carbons (Fsp3) is 0.333. The van der Waals surface area contributed by atoms with Crippen LogP contribution in [0.3, 0.4) is 0 Å². The maximum atomic E-state index is 13.0. The zero-order valence-electron chi connectivity index (χ0n) is 17.3. The highest BCUT2D eigenvalue weighted by Crippen LogP contribution is 2.32. The molecule has 0 bridgehead atoms. The molecular formula is C24H27N5O. The highest BCUT2D eigenvalue weighted by Gasteiger charge is 2.30. The first kappa shape index (κ1) is 20.0. The Morgan fingerprint density at radius 2 is 1.90 bits per heavy atom. The number of hydrogen-bond acceptors (Lipinski definition) is 5. The van der Waals surface area contributed by atoms with Crippen LogP contribution in [0, 0.1) is 0 Å². The number of amides is 1. The van der Waals surface area contributed by atoms with Crippen molar-refractivity contribution in [2.24, 2.45) is 0 Å². The van der Waals surface area contributed by atoms with Crippen LogP contribution in [0.25, 0.3) is 11.5 Å². The first-order chi connectivity index (χ1) is 14.7. The smallest absolute Gasteiger partial charge is 0.223 e. The van der Waals surface area contributed by atoms with Crippen molar-refractivity contribution in [3.05, 3.63) is 72.7 Å². The van der Waals surface area contributed by atoms with Gasteiger partial charge in [-0.1, -0.05) is 24.3 Å². The third kappa shape index (κ3) is 4.64. The summed E-state index contributed by atoms with van der Waals surface area (Å²) in [6.07, 6.45) is 6.82. The van der Waals surface area contributed by atoms with Crippen molar-refractivity contribution in [2.45, 2.75) is 31.7 Å². The minimum atomic E-state index is 0.0230. The van der Waals surface area contributed by atoms with Crippen molar-refractivity contribution in [2.75, 3.05) is 25.0 Å². The number of carbonyl (C=O) groups excluding carboxylic acids is 1. The molecule has 154 valence electrons. The van der Waals surface area contributed by atoms with Gasteiger partial charge in [0.2, 0.25) is 5.91 Å². The molecule has 6 heteroatoms. The Balaban J connectivity index is 1.38. The van der Waals surface area contributed by atoms with Crippen LogP contribution in [-0.2, 0) is 4.79 Å². The zero-order chi connectivity index (χ0) is 20.8. The van der Waals surface area contributed by atoms with Gasteiger partial charge in [-0.05, 0) is 49.6 Å². The minimum absolute atomic E-state index is 0.0230. The fourth-order valence-electron chi connectivity index (χ4n) is 3.97. The molecule has 1 amide bonds. The number of rotatable bonds is 7. The number of benzene rings is 1. The lowest BCUT2D eigenvalue weighted by Gasteiger charge is -2.25. The average molecular weight is 402 g/mol. The van der Waals surface area contributed by atoms with E-state index in [1.807, 2.05) is 47.4 Å². The van der Waals surface area contributed by atoms with Crippen LogP contribution in [0.2, 0.25) is 0 Å². The molecule has 0 N–H and O–H groups in total. The molecule has 1 saturated heterocycles. The van der Waals surface area contributed by atoms with Crippen LogP contribution < -0.4 is 4.90 Å². The lowest BCUT2D eigenvalue weighted by atomic mass is 10.1. The minimum Gasteiger partial charge on any atom is -0.375 e. The summed E-state index contributed by atoms with van der Waals surface area (Å²) in [7, 11) is 2.07. The highest BCUT2D eigenvalue weighted by molar-refractivity contribution is 5.77. The van der Waals surface area contributed by atoms with Gasteiger partial charge < -0.3 is 9.80 Å². The molecule has 1 atom stereocenters. The Kier molecular flexibility index (Phi) is 6.32. The number of aromatic nitrogens is 3. The van der Waals surface area contributed by atoms with E-state index < -0.39 is 0 Å². The summed E-state index contributed by atoms with van der Waals surface area (Å²) in [5.74, 6) is 0.814. The first-order valence-electron chi connectivity index (χ1n) is 10.5. The van der Waals surface area contributed by atoms with Crippen LogP contribution >= 0.6 is 0 Å². The van der Waals surface area contributed by atoms with Gasteiger partial charge in [0.05, 0.1) is 11.7 Å². The van der Waals surface area contributed by atoms with Gasteiger partial charge in [-0.2, -0.15) is 0 Å². The van der Waals surface area contributed by atoms with E-state index in [1.54, 1.807) is 12.4 Å². The van der Waals surface area contributed by atoms with Gasteiger partial charge in [0.25, 0.3) is 0 Å². The van der Waals surface area contributed by atoms with E-state index in [9.17, 15) is 4.79 Å². The zero-order valence-corrected chi connectivity index (χ0v) is 17.3. The molecule has 0 aliphatic carbocycles. The quantitative estimate of drug-likeness (QED) is 0.596. The Labute approximate surface area is 177 Å². The van der Waals surface area contributed by atoms with Crippen LogP contribution in [0.1, 0.15) is 37.4 Å². The Bertz CT molecular complexity index is 964. The number of likely N-dealkylation sites (tertiary alicyclic amines) is 1. The van der Waals surface area contributed by atoms with E-state index in [-0.39, 0.29) is 11.9 Å². The van der Waals surface area contributed by atoms with Crippen molar-refractivity contribution >= 4 is 11.6 Å². The average Bonchev–Trinajstić information content (AvgIpc) is 3.30. The van der Waals surface area contributed by atoms with Gasteiger partial charge in [-0.25, -0.2) is 9.97 Å². The fourth-order valence-corrected chi connectivity index (χ4v) is 3.97. The lowest BCUT2D eigenvalue weighted by molar-refractivity contribution is -0.132. The molecule has 2 aromatic heterocycles. The van der Waals surface area contributed by atoms with Crippen molar-refractivity contribution < 1.29 is 4.79 Å². The Morgan fingerprint density at radius 1 is 1.07 bits per heavy atom. The van der Waals surface area contributed by atoms with E-state index in [2.05, 4.69) is 34.0 Å². The first-order valence-corrected chi connectivity index (χ1v) is 10.5. The standard InChI is InChI=1S/C24H27N5O/c1-28(19-9-3-2-4-10-19)17-8-13-23(30)29-18-7-12-22(29)20-14-16-26-24(27-20)21-11-5-6-15-25-21/h2-6,9-11,14-16,22H,7-8,12-13,17-18H2,1H3/t22-/m0/s1. The molecule has 0 spiro atoms. The SMILES string of the molecule is CN(CCCC(=O)N1CCC[C@H]1c1ccnc(-c2ccccn2)n1)c1ccccc1. The monoisotopic (exact) mass is 401 g/mol. The number of nitrogens with zero attached hydrogens (tertiary/aromatic N) is 5. The van der Waals surface area contributed by atoms with Gasteiger partial charge >= 0.3 is 0 Å². The van der Waals surface area contributed by atoms with E-state index >= 15 is 0 Å². The van der Waals surface area contributed by atoms with Gasteiger partial charge in [0.1, 0.15) is 5.69 Å². The second kappa shape index (κ2) is 9.48. The summed E-state index contributed by atoms with van der Waals surface area (Å²) in [6.45, 7) is 1.65. The van der Waals surface area contributed by atoms with Gasteiger partial charge in [-0.3, -0.25) is 9.78 Å². The number of para-hydroxylation sites is 1. The summed E-state index contributed by atoms with van der Waals surface area (Å²) >= 11 is 0. The Morgan fingerprint density at radius 3 is 2.70 bits per heavy atom. The van der Waals surface area contributed by atoms with E-state index in [4.69, 9.17) is 4.98 Å². The molecule has 1 aromatic carbocycles. The molecule has 1 aliphatic heterocycles. The lowest BCUT2D eigenvalue weighted by Crippen LogP contribution is -2.31. The molecular weight excluding hydrogens is 374 g/mol. The third-order valence-electron chi connectivity index (χ3n) is 5.57. The molecule has 3 heterocycles. The maximum absolute atomic E-state index is 13.0. The number of pyridine rings is 1. The number of carbonyl (C=O) groups is 1. The predicted molar refractivity (Wildman–Crippen MR) is 118 cm³/mol. The molecule has 0 unspecified atom stereocenters. The molecule has 0 saturated carbocycles. The third-order valence-corrected chi connectivity index (χ3v) is 5.57. The second-order valence-corrected chi connectivity index (χ2v) is 7.63. The molecule has 30 heavy (non-hydrogen) atoms. The highest BCUT2D eigenvalue weighted by atomic mass is 16.2. The van der Waals surface area contributed by atoms with Crippen LogP contribution in [-0.4, -0.2) is 45.9 Å². The summed E-state index contributed by atoms with van der Waals surface area (Å²) in [5.41, 5.74) is 2.82. The summed E-state index contributed by atoms with van der Waals surface area (Å²) < 4.78 is 0. The van der Waals surface area contributed by atoms with E-state index in [1.165, 1.54) is 5.69 Å². The topological polar surface area (TPSA) is 62.2 Å². The summed E-state index contributed by atoms with van der Waals surface area (Å²) in [6, 6.07) is 17.9. The van der Waals surface area contributed by atoms with Crippen molar-refractivity contribution in [1.29, 1.82) is 0 Å². The van der Waals surface area contributed by atoms with Crippen LogP contribution in [0.4, 0.5) is 5.69 Å². The van der Waals surface area contributed by atoms with E-state index in [0.717, 1.165) is 43.7 Å². The van der Waals surface area contributed by atoms with Gasteiger partial charge in [-0.15, -0.1) is 0 Å². The van der Waals surface area contributed by atoms with E-state index in [0.29, 0.717) is 12.2 Å². The van der Waals surface area contributed by atoms with Crippen LogP contribution in [0.5, 0.6) is 0 Å². The molecule has 4 rings (SSSR count). The van der Waals surface area contributed by atoms with Crippen molar-refractivity contribution in [3.63, 3.8) is 0 Å². The summed E-state index contributed by atoms with van der Waals surface area (Å²) in [5, 5.41) is 0.